The van der Waals surface area contributed by atoms with Crippen LogP contribution in [0.3, 0.4) is 0 Å². The molecule has 1 aromatic rings. The van der Waals surface area contributed by atoms with Crippen molar-refractivity contribution in [1.82, 2.24) is 14.5 Å². The second-order valence-corrected chi connectivity index (χ2v) is 4.84. The number of aryl methyl sites for hydroxylation is 1. The maximum Gasteiger partial charge on any atom is 0.223 e. The van der Waals surface area contributed by atoms with E-state index in [0.717, 1.165) is 31.6 Å². The molecule has 0 aromatic carbocycles. The lowest BCUT2D eigenvalue weighted by atomic mass is 9.93. The Kier molecular flexibility index (Phi) is 4.01. The van der Waals surface area contributed by atoms with Gasteiger partial charge in [-0.15, -0.1) is 0 Å². The highest BCUT2D eigenvalue weighted by Crippen LogP contribution is 2.30. The van der Waals surface area contributed by atoms with Crippen molar-refractivity contribution in [3.8, 4) is 0 Å². The average molecular weight is 250 g/mol. The number of carbonyl (C=O) groups is 1. The molecule has 18 heavy (non-hydrogen) atoms. The number of carbonyl (C=O) groups excluding carboxylic acids is 1. The van der Waals surface area contributed by atoms with Gasteiger partial charge in [0, 0.05) is 25.6 Å². The van der Waals surface area contributed by atoms with E-state index in [1.807, 2.05) is 17.4 Å². The molecule has 100 valence electrons. The first kappa shape index (κ1) is 13.1. The Morgan fingerprint density at radius 3 is 2.94 bits per heavy atom. The van der Waals surface area contributed by atoms with Crippen molar-refractivity contribution in [2.75, 3.05) is 6.54 Å². The van der Waals surface area contributed by atoms with E-state index in [4.69, 9.17) is 5.73 Å². The molecule has 0 aliphatic carbocycles. The zero-order chi connectivity index (χ0) is 13.1. The summed E-state index contributed by atoms with van der Waals surface area (Å²) in [5, 5.41) is 0. The van der Waals surface area contributed by atoms with E-state index in [1.54, 1.807) is 0 Å². The smallest absolute Gasteiger partial charge is 0.223 e. The molecule has 1 amide bonds. The molecule has 0 spiro atoms. The fourth-order valence-corrected chi connectivity index (χ4v) is 2.70. The summed E-state index contributed by atoms with van der Waals surface area (Å²) in [6, 6.07) is -0.00935. The Hall–Kier alpha value is -1.36. The molecule has 0 radical (unpaired) electrons. The number of hydrogen-bond donors (Lipinski definition) is 1. The maximum absolute atomic E-state index is 12.1. The van der Waals surface area contributed by atoms with Gasteiger partial charge in [-0.2, -0.15) is 0 Å². The van der Waals surface area contributed by atoms with E-state index >= 15 is 0 Å². The van der Waals surface area contributed by atoms with Gasteiger partial charge in [-0.1, -0.05) is 6.92 Å². The van der Waals surface area contributed by atoms with Gasteiger partial charge in [0.1, 0.15) is 0 Å². The summed E-state index contributed by atoms with van der Waals surface area (Å²) in [5.41, 5.74) is 7.30. The Morgan fingerprint density at radius 1 is 1.50 bits per heavy atom. The number of piperidine rings is 1. The van der Waals surface area contributed by atoms with Crippen molar-refractivity contribution in [2.24, 2.45) is 5.73 Å². The van der Waals surface area contributed by atoms with Gasteiger partial charge in [-0.05, 0) is 19.8 Å². The van der Waals surface area contributed by atoms with Crippen molar-refractivity contribution < 1.29 is 4.79 Å². The van der Waals surface area contributed by atoms with Gasteiger partial charge >= 0.3 is 0 Å². The Balaban J connectivity index is 2.33. The van der Waals surface area contributed by atoms with Crippen LogP contribution in [0.2, 0.25) is 0 Å². The fraction of sp³-hybridized carbons (Fsp3) is 0.692. The van der Waals surface area contributed by atoms with Crippen LogP contribution in [0, 0.1) is 0 Å². The summed E-state index contributed by atoms with van der Waals surface area (Å²) in [6.07, 6.45) is 5.94. The molecular weight excluding hydrogens is 228 g/mol. The molecule has 2 rings (SSSR count). The second-order valence-electron chi connectivity index (χ2n) is 4.84. The Morgan fingerprint density at radius 2 is 2.28 bits per heavy atom. The largest absolute Gasteiger partial charge is 0.333 e. The van der Waals surface area contributed by atoms with Crippen LogP contribution in [0.5, 0.6) is 0 Å². The number of nitrogens with zero attached hydrogens (tertiary/aromatic N) is 3. The molecule has 1 aromatic heterocycles. The van der Waals surface area contributed by atoms with E-state index in [9.17, 15) is 4.79 Å². The summed E-state index contributed by atoms with van der Waals surface area (Å²) >= 11 is 0. The van der Waals surface area contributed by atoms with E-state index in [2.05, 4.69) is 23.4 Å². The molecule has 0 saturated carbocycles. The quantitative estimate of drug-likeness (QED) is 0.876. The van der Waals surface area contributed by atoms with Gasteiger partial charge in [0.2, 0.25) is 5.91 Å². The monoisotopic (exact) mass is 250 g/mol. The van der Waals surface area contributed by atoms with Gasteiger partial charge in [0.25, 0.3) is 0 Å². The maximum atomic E-state index is 12.1. The third-order valence-corrected chi connectivity index (χ3v) is 3.61. The van der Waals surface area contributed by atoms with Crippen molar-refractivity contribution >= 4 is 5.91 Å². The van der Waals surface area contributed by atoms with Gasteiger partial charge in [0.15, 0.2) is 0 Å². The molecule has 5 heteroatoms. The molecule has 1 fully saturated rings. The van der Waals surface area contributed by atoms with Gasteiger partial charge in [-0.3, -0.25) is 4.79 Å². The lowest BCUT2D eigenvalue weighted by Crippen LogP contribution is -2.49. The highest BCUT2D eigenvalue weighted by atomic mass is 16.2. The van der Waals surface area contributed by atoms with E-state index < -0.39 is 0 Å². The minimum atomic E-state index is -0.0198. The number of likely N-dealkylation sites (tertiary alicyclic amines) is 1. The predicted octanol–water partition coefficient (Wildman–Crippen LogP) is 1.30. The van der Waals surface area contributed by atoms with Crippen LogP contribution < -0.4 is 5.73 Å². The summed E-state index contributed by atoms with van der Waals surface area (Å²) in [6.45, 7) is 5.78. The van der Waals surface area contributed by atoms with E-state index in [-0.39, 0.29) is 18.0 Å². The van der Waals surface area contributed by atoms with Crippen LogP contribution in [0.25, 0.3) is 0 Å². The van der Waals surface area contributed by atoms with Crippen molar-refractivity contribution in [2.45, 2.75) is 51.7 Å². The third kappa shape index (κ3) is 2.27. The first-order valence-electron chi connectivity index (χ1n) is 6.74. The van der Waals surface area contributed by atoms with Crippen molar-refractivity contribution in [3.63, 3.8) is 0 Å². The molecule has 1 aliphatic rings. The van der Waals surface area contributed by atoms with E-state index in [1.165, 1.54) is 0 Å². The van der Waals surface area contributed by atoms with Gasteiger partial charge in [0.05, 0.1) is 24.3 Å². The highest BCUT2D eigenvalue weighted by Gasteiger charge is 2.35. The zero-order valence-corrected chi connectivity index (χ0v) is 11.2. The fourth-order valence-electron chi connectivity index (χ4n) is 2.70. The SMILES string of the molecule is CCCN1C(=O)CCC(N)C1c1cncn1CC. The van der Waals surface area contributed by atoms with Crippen molar-refractivity contribution in [1.29, 1.82) is 0 Å². The number of amides is 1. The van der Waals surface area contributed by atoms with Crippen LogP contribution in [-0.2, 0) is 11.3 Å². The lowest BCUT2D eigenvalue weighted by molar-refractivity contribution is -0.137. The second kappa shape index (κ2) is 5.52. The van der Waals surface area contributed by atoms with Crippen LogP contribution in [0.4, 0.5) is 0 Å². The summed E-state index contributed by atoms with van der Waals surface area (Å²) < 4.78 is 2.08. The third-order valence-electron chi connectivity index (χ3n) is 3.61. The lowest BCUT2D eigenvalue weighted by Gasteiger charge is -2.39. The number of aromatic nitrogens is 2. The summed E-state index contributed by atoms with van der Waals surface area (Å²) in [5.74, 6) is 0.215. The minimum Gasteiger partial charge on any atom is -0.333 e. The summed E-state index contributed by atoms with van der Waals surface area (Å²) in [4.78, 5) is 18.2. The topological polar surface area (TPSA) is 64.2 Å². The first-order chi connectivity index (χ1) is 8.69. The molecule has 1 aliphatic heterocycles. The van der Waals surface area contributed by atoms with Crippen LogP contribution in [0.1, 0.15) is 44.8 Å². The van der Waals surface area contributed by atoms with Gasteiger partial charge in [-0.25, -0.2) is 4.98 Å². The van der Waals surface area contributed by atoms with Crippen molar-refractivity contribution in [3.05, 3.63) is 18.2 Å². The zero-order valence-electron chi connectivity index (χ0n) is 11.2. The summed E-state index contributed by atoms with van der Waals surface area (Å²) in [7, 11) is 0. The van der Waals surface area contributed by atoms with Crippen LogP contribution in [-0.4, -0.2) is 32.9 Å². The normalized spacial score (nSPS) is 24.6. The average Bonchev–Trinajstić information content (AvgIpc) is 2.82. The first-order valence-corrected chi connectivity index (χ1v) is 6.74. The Labute approximate surface area is 108 Å². The van der Waals surface area contributed by atoms with Crippen LogP contribution in [0.15, 0.2) is 12.5 Å². The minimum absolute atomic E-state index is 0.0104. The predicted molar refractivity (Wildman–Crippen MR) is 69.9 cm³/mol. The molecular formula is C13H22N4O. The van der Waals surface area contributed by atoms with E-state index in [0.29, 0.717) is 6.42 Å². The van der Waals surface area contributed by atoms with Crippen LogP contribution >= 0.6 is 0 Å². The number of imidazole rings is 1. The molecule has 0 bridgehead atoms. The molecule has 2 heterocycles. The number of nitrogens with two attached hydrogens (primary N) is 1. The molecule has 2 unspecified atom stereocenters. The number of rotatable bonds is 4. The molecule has 1 saturated heterocycles. The molecule has 2 atom stereocenters. The number of hydrogen-bond acceptors (Lipinski definition) is 3. The standard InChI is InChI=1S/C13H22N4O/c1-3-7-17-12(18)6-5-10(14)13(17)11-8-15-9-16(11)4-2/h8-10,13H,3-7,14H2,1-2H3. The molecule has 5 nitrogen and oxygen atoms in total. The molecule has 2 N–H and O–H groups in total. The highest BCUT2D eigenvalue weighted by molar-refractivity contribution is 5.77. The Bertz CT molecular complexity index is 415. The van der Waals surface area contributed by atoms with Gasteiger partial charge < -0.3 is 15.2 Å².